The predicted octanol–water partition coefficient (Wildman–Crippen LogP) is 4.00. The van der Waals surface area contributed by atoms with Crippen molar-refractivity contribution in [3.05, 3.63) is 51.4 Å². The summed E-state index contributed by atoms with van der Waals surface area (Å²) in [5.74, 6) is 2.57. The summed E-state index contributed by atoms with van der Waals surface area (Å²) < 4.78 is 16.5. The third-order valence-corrected chi connectivity index (χ3v) is 5.71. The minimum atomic E-state index is 0.281. The lowest BCUT2D eigenvalue weighted by Gasteiger charge is -2.25. The molecule has 2 aromatic heterocycles. The van der Waals surface area contributed by atoms with E-state index in [-0.39, 0.29) is 6.79 Å². The summed E-state index contributed by atoms with van der Waals surface area (Å²) >= 11 is 1.87. The average molecular weight is 354 g/mol. The summed E-state index contributed by atoms with van der Waals surface area (Å²) in [7, 11) is 0. The van der Waals surface area contributed by atoms with E-state index in [1.54, 1.807) is 0 Å². The molecule has 2 aliphatic rings. The number of hydrogen-bond donors (Lipinski definition) is 0. The molecule has 2 aliphatic heterocycles. The van der Waals surface area contributed by atoms with E-state index in [0.717, 1.165) is 54.6 Å². The molecule has 6 heteroatoms. The molecule has 0 saturated carbocycles. The highest BCUT2D eigenvalue weighted by Gasteiger charge is 2.26. The normalized spacial score (nSPS) is 16.2. The van der Waals surface area contributed by atoms with E-state index in [1.807, 2.05) is 29.5 Å². The van der Waals surface area contributed by atoms with Crippen molar-refractivity contribution in [2.75, 3.05) is 13.3 Å². The van der Waals surface area contributed by atoms with Gasteiger partial charge in [0.2, 0.25) is 6.79 Å². The first-order valence-electron chi connectivity index (χ1n) is 8.41. The van der Waals surface area contributed by atoms with E-state index >= 15 is 0 Å². The van der Waals surface area contributed by atoms with E-state index in [4.69, 9.17) is 14.0 Å². The van der Waals surface area contributed by atoms with E-state index in [2.05, 4.69) is 29.1 Å². The standard InChI is InChI=1S/C19H18N2O3S/c1-12-2-4-14(25-12)9-21-7-6-16-15(10-21)19(20-24-16)13-3-5-17-18(8-13)23-11-22-17/h2-5,8H,6-7,9-11H2,1H3. The van der Waals surface area contributed by atoms with Gasteiger partial charge in [0.15, 0.2) is 11.5 Å². The number of rotatable bonds is 3. The molecule has 25 heavy (non-hydrogen) atoms. The lowest BCUT2D eigenvalue weighted by molar-refractivity contribution is 0.174. The summed E-state index contributed by atoms with van der Waals surface area (Å²) in [6, 6.07) is 10.4. The summed E-state index contributed by atoms with van der Waals surface area (Å²) in [5, 5.41) is 4.34. The SMILES string of the molecule is Cc1ccc(CN2CCc3onc(-c4ccc5c(c4)OCO5)c3C2)s1. The van der Waals surface area contributed by atoms with Crippen LogP contribution in [0.5, 0.6) is 11.5 Å². The fourth-order valence-corrected chi connectivity index (χ4v) is 4.39. The monoisotopic (exact) mass is 354 g/mol. The lowest BCUT2D eigenvalue weighted by atomic mass is 10.0. The summed E-state index contributed by atoms with van der Waals surface area (Å²) in [5.41, 5.74) is 3.13. The van der Waals surface area contributed by atoms with Gasteiger partial charge in [0, 0.05) is 46.9 Å². The molecule has 0 atom stereocenters. The second-order valence-corrected chi connectivity index (χ2v) is 7.85. The predicted molar refractivity (Wildman–Crippen MR) is 94.9 cm³/mol. The number of hydrogen-bond acceptors (Lipinski definition) is 6. The highest BCUT2D eigenvalue weighted by atomic mass is 32.1. The van der Waals surface area contributed by atoms with Crippen LogP contribution in [0.2, 0.25) is 0 Å². The van der Waals surface area contributed by atoms with Crippen molar-refractivity contribution in [1.82, 2.24) is 10.1 Å². The molecular formula is C19H18N2O3S. The molecule has 0 aliphatic carbocycles. The Morgan fingerprint density at radius 2 is 2.08 bits per heavy atom. The molecule has 0 spiro atoms. The van der Waals surface area contributed by atoms with Gasteiger partial charge in [-0.15, -0.1) is 11.3 Å². The number of aromatic nitrogens is 1. The first kappa shape index (κ1) is 15.0. The molecule has 128 valence electrons. The van der Waals surface area contributed by atoms with Gasteiger partial charge in [0.25, 0.3) is 0 Å². The molecule has 5 rings (SSSR count). The van der Waals surface area contributed by atoms with E-state index in [1.165, 1.54) is 15.3 Å². The van der Waals surface area contributed by atoms with Gasteiger partial charge in [-0.25, -0.2) is 0 Å². The number of fused-ring (bicyclic) bond motifs is 2. The Bertz CT molecular complexity index is 931. The summed E-state index contributed by atoms with van der Waals surface area (Å²) in [6.45, 7) is 5.27. The molecule has 1 aromatic carbocycles. The van der Waals surface area contributed by atoms with Crippen molar-refractivity contribution in [1.29, 1.82) is 0 Å². The fourth-order valence-electron chi connectivity index (χ4n) is 3.46. The topological polar surface area (TPSA) is 47.7 Å². The third-order valence-electron chi connectivity index (χ3n) is 4.73. The molecule has 0 fully saturated rings. The maximum absolute atomic E-state index is 5.62. The zero-order valence-electron chi connectivity index (χ0n) is 13.9. The zero-order chi connectivity index (χ0) is 16.8. The molecule has 3 aromatic rings. The van der Waals surface area contributed by atoms with Gasteiger partial charge in [-0.3, -0.25) is 4.90 Å². The number of nitrogens with zero attached hydrogens (tertiary/aromatic N) is 2. The Balaban J connectivity index is 1.42. The molecule has 0 saturated heterocycles. The van der Waals surface area contributed by atoms with Crippen LogP contribution in [0.4, 0.5) is 0 Å². The van der Waals surface area contributed by atoms with Crippen molar-refractivity contribution < 1.29 is 14.0 Å². The van der Waals surface area contributed by atoms with Gasteiger partial charge in [-0.1, -0.05) is 5.16 Å². The summed E-state index contributed by atoms with van der Waals surface area (Å²) in [4.78, 5) is 5.22. The van der Waals surface area contributed by atoms with Gasteiger partial charge in [0.05, 0.1) is 0 Å². The average Bonchev–Trinajstić information content (AvgIpc) is 3.33. The second-order valence-electron chi connectivity index (χ2n) is 6.47. The Labute approximate surface area is 149 Å². The van der Waals surface area contributed by atoms with Crippen LogP contribution in [0.3, 0.4) is 0 Å². The van der Waals surface area contributed by atoms with Crippen LogP contribution in [-0.4, -0.2) is 23.4 Å². The molecule has 0 radical (unpaired) electrons. The molecule has 0 unspecified atom stereocenters. The summed E-state index contributed by atoms with van der Waals surface area (Å²) in [6.07, 6.45) is 0.900. The third kappa shape index (κ3) is 2.71. The highest BCUT2D eigenvalue weighted by molar-refractivity contribution is 7.11. The number of aryl methyl sites for hydroxylation is 1. The molecule has 4 heterocycles. The van der Waals surface area contributed by atoms with E-state index < -0.39 is 0 Å². The largest absolute Gasteiger partial charge is 0.454 e. The second kappa shape index (κ2) is 5.89. The fraction of sp³-hybridized carbons (Fsp3) is 0.316. The quantitative estimate of drug-likeness (QED) is 0.711. The maximum atomic E-state index is 5.62. The maximum Gasteiger partial charge on any atom is 0.231 e. The minimum absolute atomic E-state index is 0.281. The van der Waals surface area contributed by atoms with Crippen LogP contribution in [0.25, 0.3) is 11.3 Å². The van der Waals surface area contributed by atoms with Crippen LogP contribution in [0, 0.1) is 6.92 Å². The first-order chi connectivity index (χ1) is 12.3. The minimum Gasteiger partial charge on any atom is -0.454 e. The Kier molecular flexibility index (Phi) is 3.53. The van der Waals surface area contributed by atoms with Crippen molar-refractivity contribution in [3.63, 3.8) is 0 Å². The smallest absolute Gasteiger partial charge is 0.231 e. The number of ether oxygens (including phenoxy) is 2. The highest BCUT2D eigenvalue weighted by Crippen LogP contribution is 2.38. The van der Waals surface area contributed by atoms with Gasteiger partial charge < -0.3 is 14.0 Å². The molecule has 0 amide bonds. The van der Waals surface area contributed by atoms with Gasteiger partial charge in [0.1, 0.15) is 11.5 Å². The van der Waals surface area contributed by atoms with Crippen LogP contribution >= 0.6 is 11.3 Å². The van der Waals surface area contributed by atoms with Gasteiger partial charge in [-0.2, -0.15) is 0 Å². The van der Waals surface area contributed by atoms with Crippen LogP contribution in [0.15, 0.2) is 34.9 Å². The number of benzene rings is 1. The van der Waals surface area contributed by atoms with Crippen molar-refractivity contribution >= 4 is 11.3 Å². The zero-order valence-corrected chi connectivity index (χ0v) is 14.8. The van der Waals surface area contributed by atoms with Crippen LogP contribution < -0.4 is 9.47 Å². The van der Waals surface area contributed by atoms with Crippen molar-refractivity contribution in [2.24, 2.45) is 0 Å². The molecule has 5 nitrogen and oxygen atoms in total. The molecule has 0 bridgehead atoms. The van der Waals surface area contributed by atoms with Gasteiger partial charge in [-0.05, 0) is 37.3 Å². The Morgan fingerprint density at radius 1 is 1.16 bits per heavy atom. The van der Waals surface area contributed by atoms with E-state index in [0.29, 0.717) is 0 Å². The van der Waals surface area contributed by atoms with E-state index in [9.17, 15) is 0 Å². The molecule has 0 N–H and O–H groups in total. The number of thiophene rings is 1. The Morgan fingerprint density at radius 3 is 2.96 bits per heavy atom. The van der Waals surface area contributed by atoms with Crippen molar-refractivity contribution in [2.45, 2.75) is 26.4 Å². The Hall–Kier alpha value is -2.31. The van der Waals surface area contributed by atoms with Crippen LogP contribution in [0.1, 0.15) is 21.1 Å². The van der Waals surface area contributed by atoms with Crippen molar-refractivity contribution in [3.8, 4) is 22.8 Å². The lowest BCUT2D eigenvalue weighted by Crippen LogP contribution is -2.29. The first-order valence-corrected chi connectivity index (χ1v) is 9.23. The van der Waals surface area contributed by atoms with Crippen LogP contribution in [-0.2, 0) is 19.5 Å². The molecular weight excluding hydrogens is 336 g/mol. The van der Waals surface area contributed by atoms with Gasteiger partial charge >= 0.3 is 0 Å².